The van der Waals surface area contributed by atoms with Crippen LogP contribution >= 0.6 is 11.3 Å². The van der Waals surface area contributed by atoms with Crippen LogP contribution in [0.5, 0.6) is 0 Å². The fourth-order valence-corrected chi connectivity index (χ4v) is 3.10. The second-order valence-corrected chi connectivity index (χ2v) is 6.78. The predicted molar refractivity (Wildman–Crippen MR) is 78.7 cm³/mol. The topological polar surface area (TPSA) is 84.2 Å². The molecule has 0 fully saturated rings. The van der Waals surface area contributed by atoms with Crippen molar-refractivity contribution in [1.29, 1.82) is 0 Å². The van der Waals surface area contributed by atoms with Gasteiger partial charge in [-0.1, -0.05) is 6.07 Å². The minimum absolute atomic E-state index is 0.0941. The minimum Gasteiger partial charge on any atom is -0.398 e. The molecule has 1 aromatic heterocycles. The summed E-state index contributed by atoms with van der Waals surface area (Å²) in [6, 6.07) is 8.84. The molecular weight excluding hydrogens is 282 g/mol. The molecule has 0 radical (unpaired) electrons. The molecule has 0 aliphatic carbocycles. The van der Waals surface area contributed by atoms with E-state index >= 15 is 0 Å². The van der Waals surface area contributed by atoms with Gasteiger partial charge >= 0.3 is 0 Å². The highest BCUT2D eigenvalue weighted by atomic mass is 32.2. The number of nitrogen functional groups attached to an aromatic ring is 1. The van der Waals surface area contributed by atoms with Crippen molar-refractivity contribution in [2.75, 3.05) is 18.1 Å². The third-order valence-electron chi connectivity index (χ3n) is 2.61. The Morgan fingerprint density at radius 3 is 2.68 bits per heavy atom. The Kier molecular flexibility index (Phi) is 4.08. The molecule has 0 saturated carbocycles. The molecule has 1 aromatic carbocycles. The number of hydrogen-bond donors (Lipinski definition) is 3. The first-order chi connectivity index (χ1) is 9.03. The fraction of sp³-hybridized carbons (Fsp3) is 0.167. The molecular formula is C12H15N3O2S2. The third kappa shape index (κ3) is 3.25. The molecule has 0 spiro atoms. The molecule has 0 amide bonds. The summed E-state index contributed by atoms with van der Waals surface area (Å²) in [7, 11) is -2.15. The van der Waals surface area contributed by atoms with Crippen LogP contribution < -0.4 is 15.8 Å². The van der Waals surface area contributed by atoms with Gasteiger partial charge in [-0.25, -0.2) is 13.1 Å². The van der Waals surface area contributed by atoms with Gasteiger partial charge in [0.1, 0.15) is 4.90 Å². The summed E-state index contributed by atoms with van der Waals surface area (Å²) in [5.41, 5.74) is 6.80. The van der Waals surface area contributed by atoms with Gasteiger partial charge in [0.2, 0.25) is 10.0 Å². The molecule has 0 aliphatic rings. The van der Waals surface area contributed by atoms with E-state index in [1.54, 1.807) is 23.5 Å². The standard InChI is InChI=1S/C12H15N3O2S2/c1-14-19(16,17)12-5-4-9(7-11(12)13)15-8-10-3-2-6-18-10/h2-7,14-15H,8,13H2,1H3. The van der Waals surface area contributed by atoms with Crippen molar-refractivity contribution in [1.82, 2.24) is 4.72 Å². The third-order valence-corrected chi connectivity index (χ3v) is 4.98. The Bertz CT molecular complexity index is 652. The molecule has 0 unspecified atom stereocenters. The summed E-state index contributed by atoms with van der Waals surface area (Å²) in [6.45, 7) is 0.690. The lowest BCUT2D eigenvalue weighted by atomic mass is 10.3. The van der Waals surface area contributed by atoms with Crippen molar-refractivity contribution in [3.63, 3.8) is 0 Å². The molecule has 0 atom stereocenters. The Balaban J connectivity index is 2.15. The summed E-state index contributed by atoms with van der Waals surface area (Å²) in [5.74, 6) is 0. The maximum absolute atomic E-state index is 11.7. The number of nitrogens with one attached hydrogen (secondary N) is 2. The first kappa shape index (κ1) is 13.9. The zero-order valence-corrected chi connectivity index (χ0v) is 12.0. The van der Waals surface area contributed by atoms with Gasteiger partial charge in [0.05, 0.1) is 5.69 Å². The average molecular weight is 297 g/mol. The van der Waals surface area contributed by atoms with Crippen LogP contribution in [-0.2, 0) is 16.6 Å². The highest BCUT2D eigenvalue weighted by Gasteiger charge is 2.15. The van der Waals surface area contributed by atoms with E-state index in [0.29, 0.717) is 6.54 Å². The molecule has 0 saturated heterocycles. The van der Waals surface area contributed by atoms with E-state index < -0.39 is 10.0 Å². The molecule has 19 heavy (non-hydrogen) atoms. The fourth-order valence-electron chi connectivity index (χ4n) is 1.62. The van der Waals surface area contributed by atoms with Crippen molar-refractivity contribution < 1.29 is 8.42 Å². The van der Waals surface area contributed by atoms with Gasteiger partial charge in [-0.05, 0) is 36.7 Å². The van der Waals surface area contributed by atoms with E-state index in [1.807, 2.05) is 17.5 Å². The van der Waals surface area contributed by atoms with E-state index in [9.17, 15) is 8.42 Å². The molecule has 2 aromatic rings. The lowest BCUT2D eigenvalue weighted by molar-refractivity contribution is 0.588. The Morgan fingerprint density at radius 1 is 1.32 bits per heavy atom. The van der Waals surface area contributed by atoms with E-state index in [0.717, 1.165) is 5.69 Å². The number of hydrogen-bond acceptors (Lipinski definition) is 5. The van der Waals surface area contributed by atoms with Crippen molar-refractivity contribution >= 4 is 32.7 Å². The largest absolute Gasteiger partial charge is 0.398 e. The van der Waals surface area contributed by atoms with Crippen LogP contribution in [0.15, 0.2) is 40.6 Å². The summed E-state index contributed by atoms with van der Waals surface area (Å²) >= 11 is 1.66. The van der Waals surface area contributed by atoms with Gasteiger partial charge in [-0.15, -0.1) is 11.3 Å². The Labute approximate surface area is 116 Å². The van der Waals surface area contributed by atoms with E-state index in [-0.39, 0.29) is 10.6 Å². The maximum Gasteiger partial charge on any atom is 0.242 e. The molecule has 5 nitrogen and oxygen atoms in total. The van der Waals surface area contributed by atoms with Crippen molar-refractivity contribution in [2.24, 2.45) is 0 Å². The van der Waals surface area contributed by atoms with E-state index in [4.69, 9.17) is 5.73 Å². The summed E-state index contributed by atoms with van der Waals surface area (Å²) < 4.78 is 25.6. The highest BCUT2D eigenvalue weighted by Crippen LogP contribution is 2.23. The minimum atomic E-state index is -3.50. The summed E-state index contributed by atoms with van der Waals surface area (Å²) in [4.78, 5) is 1.29. The highest BCUT2D eigenvalue weighted by molar-refractivity contribution is 7.89. The lowest BCUT2D eigenvalue weighted by Crippen LogP contribution is -2.19. The second-order valence-electron chi connectivity index (χ2n) is 3.89. The molecule has 4 N–H and O–H groups in total. The van der Waals surface area contributed by atoms with Crippen LogP contribution in [0, 0.1) is 0 Å². The number of sulfonamides is 1. The number of rotatable bonds is 5. The van der Waals surface area contributed by atoms with Crippen LogP contribution in [0.4, 0.5) is 11.4 Å². The molecule has 7 heteroatoms. The first-order valence-electron chi connectivity index (χ1n) is 5.62. The predicted octanol–water partition coefficient (Wildman–Crippen LogP) is 1.85. The van der Waals surface area contributed by atoms with Crippen molar-refractivity contribution in [3.05, 3.63) is 40.6 Å². The lowest BCUT2D eigenvalue weighted by Gasteiger charge is -2.10. The molecule has 1 heterocycles. The van der Waals surface area contributed by atoms with Gasteiger partial charge in [-0.2, -0.15) is 0 Å². The molecule has 0 bridgehead atoms. The molecule has 102 valence electrons. The second kappa shape index (κ2) is 5.60. The first-order valence-corrected chi connectivity index (χ1v) is 7.98. The zero-order valence-electron chi connectivity index (χ0n) is 10.4. The number of anilines is 2. The van der Waals surface area contributed by atoms with Gasteiger partial charge in [0.15, 0.2) is 0 Å². The number of nitrogens with two attached hydrogens (primary N) is 1. The Hall–Kier alpha value is -1.57. The average Bonchev–Trinajstić information content (AvgIpc) is 2.89. The van der Waals surface area contributed by atoms with Crippen LogP contribution in [0.1, 0.15) is 4.88 Å². The van der Waals surface area contributed by atoms with Crippen LogP contribution in [-0.4, -0.2) is 15.5 Å². The number of thiophene rings is 1. The maximum atomic E-state index is 11.7. The van der Waals surface area contributed by atoms with Crippen molar-refractivity contribution in [2.45, 2.75) is 11.4 Å². The SMILES string of the molecule is CNS(=O)(=O)c1ccc(NCc2cccs2)cc1N. The van der Waals surface area contributed by atoms with Crippen molar-refractivity contribution in [3.8, 4) is 0 Å². The van der Waals surface area contributed by atoms with Crippen LogP contribution in [0.3, 0.4) is 0 Å². The monoisotopic (exact) mass is 297 g/mol. The van der Waals surface area contributed by atoms with Gasteiger partial charge in [0, 0.05) is 17.1 Å². The Morgan fingerprint density at radius 2 is 2.11 bits per heavy atom. The summed E-state index contributed by atoms with van der Waals surface area (Å²) in [6.07, 6.45) is 0. The van der Waals surface area contributed by atoms with Crippen LogP contribution in [0.2, 0.25) is 0 Å². The van der Waals surface area contributed by atoms with Gasteiger partial charge in [-0.3, -0.25) is 0 Å². The normalized spacial score (nSPS) is 11.4. The number of benzene rings is 1. The van der Waals surface area contributed by atoms with Gasteiger partial charge < -0.3 is 11.1 Å². The molecule has 0 aliphatic heterocycles. The van der Waals surface area contributed by atoms with E-state index in [1.165, 1.54) is 18.0 Å². The van der Waals surface area contributed by atoms with E-state index in [2.05, 4.69) is 10.0 Å². The smallest absolute Gasteiger partial charge is 0.242 e. The van der Waals surface area contributed by atoms with Gasteiger partial charge in [0.25, 0.3) is 0 Å². The summed E-state index contributed by atoms with van der Waals surface area (Å²) in [5, 5.41) is 5.21. The van der Waals surface area contributed by atoms with Crippen LogP contribution in [0.25, 0.3) is 0 Å². The quantitative estimate of drug-likeness (QED) is 0.735. The molecule has 2 rings (SSSR count). The zero-order chi connectivity index (χ0) is 13.9.